The first-order valence-corrected chi connectivity index (χ1v) is 6.67. The van der Waals surface area contributed by atoms with Gasteiger partial charge in [0.2, 0.25) is 0 Å². The predicted octanol–water partition coefficient (Wildman–Crippen LogP) is 3.50. The Labute approximate surface area is 105 Å². The maximum absolute atomic E-state index is 12.2. The zero-order valence-electron chi connectivity index (χ0n) is 10.1. The molecule has 90 valence electrons. The Morgan fingerprint density at radius 3 is 2.76 bits per heavy atom. The van der Waals surface area contributed by atoms with Crippen LogP contribution < -0.4 is 5.73 Å². The van der Waals surface area contributed by atoms with Crippen molar-refractivity contribution in [3.63, 3.8) is 0 Å². The van der Waals surface area contributed by atoms with Crippen LogP contribution in [0.1, 0.15) is 37.0 Å². The number of aromatic nitrogens is 1. The van der Waals surface area contributed by atoms with Gasteiger partial charge in [0, 0.05) is 11.5 Å². The summed E-state index contributed by atoms with van der Waals surface area (Å²) in [6.07, 6.45) is 1.77. The minimum atomic E-state index is 0.123. The van der Waals surface area contributed by atoms with E-state index in [1.807, 2.05) is 18.2 Å². The molecule has 0 spiro atoms. The molecule has 0 aliphatic rings. The highest BCUT2D eigenvalue weighted by Gasteiger charge is 2.17. The predicted molar refractivity (Wildman–Crippen MR) is 72.4 cm³/mol. The van der Waals surface area contributed by atoms with Gasteiger partial charge in [-0.2, -0.15) is 0 Å². The van der Waals surface area contributed by atoms with Crippen molar-refractivity contribution in [1.29, 1.82) is 0 Å². The third kappa shape index (κ3) is 2.31. The van der Waals surface area contributed by atoms with Crippen molar-refractivity contribution in [2.45, 2.75) is 26.7 Å². The number of hydrogen-bond acceptors (Lipinski definition) is 4. The number of rotatable bonds is 4. The fourth-order valence-electron chi connectivity index (χ4n) is 1.99. The molecule has 0 aliphatic heterocycles. The van der Waals surface area contributed by atoms with Crippen LogP contribution in [0.3, 0.4) is 0 Å². The van der Waals surface area contributed by atoms with Crippen LogP contribution in [0.25, 0.3) is 10.2 Å². The molecule has 0 aliphatic carbocycles. The van der Waals surface area contributed by atoms with Gasteiger partial charge < -0.3 is 5.73 Å². The summed E-state index contributed by atoms with van der Waals surface area (Å²) in [5.41, 5.74) is 7.29. The molecular formula is C13H16N2OS. The topological polar surface area (TPSA) is 56.0 Å². The third-order valence-corrected chi connectivity index (χ3v) is 3.89. The monoisotopic (exact) mass is 248 g/mol. The van der Waals surface area contributed by atoms with Gasteiger partial charge in [-0.3, -0.25) is 4.79 Å². The van der Waals surface area contributed by atoms with E-state index in [1.165, 1.54) is 11.3 Å². The van der Waals surface area contributed by atoms with Gasteiger partial charge in [-0.25, -0.2) is 4.98 Å². The van der Waals surface area contributed by atoms with Crippen LogP contribution in [0, 0.1) is 5.92 Å². The van der Waals surface area contributed by atoms with Gasteiger partial charge in [-0.15, -0.1) is 0 Å². The number of carbonyl (C=O) groups is 1. The molecule has 1 heterocycles. The molecule has 0 bridgehead atoms. The first-order chi connectivity index (χ1) is 8.15. The number of nitrogens with zero attached hydrogens (tertiary/aromatic N) is 1. The average molecular weight is 248 g/mol. The molecule has 2 aromatic rings. The quantitative estimate of drug-likeness (QED) is 0.842. The fourth-order valence-corrected chi connectivity index (χ4v) is 2.76. The van der Waals surface area contributed by atoms with Gasteiger partial charge in [0.15, 0.2) is 10.9 Å². The summed E-state index contributed by atoms with van der Waals surface area (Å²) < 4.78 is 0.985. The summed E-state index contributed by atoms with van der Waals surface area (Å²) in [6.45, 7) is 4.10. The second-order valence-electron chi connectivity index (χ2n) is 4.11. The zero-order chi connectivity index (χ0) is 12.4. The van der Waals surface area contributed by atoms with Crippen molar-refractivity contribution in [3.05, 3.63) is 23.8 Å². The molecule has 4 heteroatoms. The summed E-state index contributed by atoms with van der Waals surface area (Å²) in [4.78, 5) is 16.4. The van der Waals surface area contributed by atoms with Crippen molar-refractivity contribution in [2.75, 3.05) is 5.73 Å². The van der Waals surface area contributed by atoms with Crippen molar-refractivity contribution in [2.24, 2.45) is 5.92 Å². The van der Waals surface area contributed by atoms with Gasteiger partial charge in [-0.1, -0.05) is 25.2 Å². The largest absolute Gasteiger partial charge is 0.375 e. The molecule has 2 N–H and O–H groups in total. The maximum Gasteiger partial charge on any atom is 0.181 e. The number of anilines is 1. The van der Waals surface area contributed by atoms with Crippen LogP contribution in [-0.2, 0) is 0 Å². The van der Waals surface area contributed by atoms with Crippen LogP contribution >= 0.6 is 11.3 Å². The van der Waals surface area contributed by atoms with E-state index in [2.05, 4.69) is 18.8 Å². The number of Topliss-reactive ketones (excluding diaryl/α,β-unsaturated/α-hetero) is 1. The summed E-state index contributed by atoms with van der Waals surface area (Å²) in [6, 6.07) is 5.63. The summed E-state index contributed by atoms with van der Waals surface area (Å²) in [5.74, 6) is 0.349. The lowest BCUT2D eigenvalue weighted by atomic mass is 9.93. The molecule has 0 amide bonds. The van der Waals surface area contributed by atoms with E-state index in [-0.39, 0.29) is 11.7 Å². The number of thiazole rings is 1. The SMILES string of the molecule is CCC(CC)C(=O)c1ccc2nc(N)sc2c1. The van der Waals surface area contributed by atoms with E-state index in [9.17, 15) is 4.79 Å². The lowest BCUT2D eigenvalue weighted by Gasteiger charge is -2.10. The van der Waals surface area contributed by atoms with Crippen LogP contribution in [0.15, 0.2) is 18.2 Å². The van der Waals surface area contributed by atoms with Crippen molar-refractivity contribution < 1.29 is 4.79 Å². The Bertz CT molecular complexity index is 543. The number of nitrogens with two attached hydrogens (primary N) is 1. The molecule has 1 aromatic carbocycles. The number of ketones is 1. The molecule has 0 radical (unpaired) electrons. The molecule has 0 atom stereocenters. The van der Waals surface area contributed by atoms with E-state index in [1.54, 1.807) is 0 Å². The lowest BCUT2D eigenvalue weighted by molar-refractivity contribution is 0.0913. The van der Waals surface area contributed by atoms with Gasteiger partial charge in [0.05, 0.1) is 10.2 Å². The second kappa shape index (κ2) is 4.84. The number of fused-ring (bicyclic) bond motifs is 1. The lowest BCUT2D eigenvalue weighted by Crippen LogP contribution is -2.12. The van der Waals surface area contributed by atoms with E-state index in [4.69, 9.17) is 5.73 Å². The van der Waals surface area contributed by atoms with Gasteiger partial charge >= 0.3 is 0 Å². The Kier molecular flexibility index (Phi) is 3.43. The molecule has 3 nitrogen and oxygen atoms in total. The minimum absolute atomic E-state index is 0.123. The van der Waals surface area contributed by atoms with E-state index in [0.717, 1.165) is 28.6 Å². The molecule has 0 saturated heterocycles. The smallest absolute Gasteiger partial charge is 0.181 e. The minimum Gasteiger partial charge on any atom is -0.375 e. The average Bonchev–Trinajstić information content (AvgIpc) is 2.69. The highest BCUT2D eigenvalue weighted by atomic mass is 32.1. The molecule has 2 rings (SSSR count). The van der Waals surface area contributed by atoms with Gasteiger partial charge in [0.1, 0.15) is 0 Å². The van der Waals surface area contributed by atoms with Crippen molar-refractivity contribution in [1.82, 2.24) is 4.98 Å². The normalized spacial score (nSPS) is 11.2. The summed E-state index contributed by atoms with van der Waals surface area (Å²) >= 11 is 1.43. The van der Waals surface area contributed by atoms with Crippen LogP contribution in [-0.4, -0.2) is 10.8 Å². The first kappa shape index (κ1) is 12.0. The Balaban J connectivity index is 2.38. The van der Waals surface area contributed by atoms with Gasteiger partial charge in [0.25, 0.3) is 0 Å². The van der Waals surface area contributed by atoms with Crippen LogP contribution in [0.2, 0.25) is 0 Å². The van der Waals surface area contributed by atoms with Crippen molar-refractivity contribution in [3.8, 4) is 0 Å². The highest BCUT2D eigenvalue weighted by Crippen LogP contribution is 2.26. The van der Waals surface area contributed by atoms with Crippen LogP contribution in [0.4, 0.5) is 5.13 Å². The van der Waals surface area contributed by atoms with E-state index < -0.39 is 0 Å². The van der Waals surface area contributed by atoms with E-state index in [0.29, 0.717) is 5.13 Å². The molecular weight excluding hydrogens is 232 g/mol. The molecule has 0 fully saturated rings. The highest BCUT2D eigenvalue weighted by molar-refractivity contribution is 7.22. The molecule has 0 unspecified atom stereocenters. The number of benzene rings is 1. The maximum atomic E-state index is 12.2. The molecule has 0 saturated carbocycles. The second-order valence-corrected chi connectivity index (χ2v) is 5.17. The Hall–Kier alpha value is -1.42. The van der Waals surface area contributed by atoms with Crippen molar-refractivity contribution >= 4 is 32.5 Å². The fraction of sp³-hybridized carbons (Fsp3) is 0.385. The third-order valence-electron chi connectivity index (χ3n) is 3.05. The number of nitrogen functional groups attached to an aromatic ring is 1. The first-order valence-electron chi connectivity index (χ1n) is 5.86. The standard InChI is InChI=1S/C13H16N2OS/c1-3-8(4-2)12(16)9-5-6-10-11(7-9)17-13(14)15-10/h5-8H,3-4H2,1-2H3,(H2,14,15). The number of hydrogen-bond donors (Lipinski definition) is 1. The number of carbonyl (C=O) groups excluding carboxylic acids is 1. The van der Waals surface area contributed by atoms with Crippen LogP contribution in [0.5, 0.6) is 0 Å². The Morgan fingerprint density at radius 2 is 2.12 bits per heavy atom. The van der Waals surface area contributed by atoms with Gasteiger partial charge in [-0.05, 0) is 31.0 Å². The molecule has 17 heavy (non-hydrogen) atoms. The Morgan fingerprint density at radius 1 is 1.41 bits per heavy atom. The molecule has 1 aromatic heterocycles. The zero-order valence-corrected chi connectivity index (χ0v) is 10.9. The van der Waals surface area contributed by atoms with E-state index >= 15 is 0 Å². The summed E-state index contributed by atoms with van der Waals surface area (Å²) in [7, 11) is 0. The summed E-state index contributed by atoms with van der Waals surface area (Å²) in [5, 5.41) is 0.548.